The number of nitrogens with zero attached hydrogens (tertiary/aromatic N) is 4. The molecule has 0 aromatic carbocycles. The number of likely N-dealkylation sites (tertiary alicyclic amines) is 1. The van der Waals surface area contributed by atoms with Gasteiger partial charge in [0, 0.05) is 25.3 Å². The molecule has 1 saturated heterocycles. The number of hydrogen-bond acceptors (Lipinski definition) is 6. The van der Waals surface area contributed by atoms with Gasteiger partial charge >= 0.3 is 0 Å². The number of pyridine rings is 1. The fourth-order valence-corrected chi connectivity index (χ4v) is 3.08. The third-order valence-electron chi connectivity index (χ3n) is 4.48. The zero-order chi connectivity index (χ0) is 17.6. The lowest BCUT2D eigenvalue weighted by Gasteiger charge is -2.23. The maximum atomic E-state index is 12.1. The average molecular weight is 343 g/mol. The minimum Gasteiger partial charge on any atom is -0.445 e. The molecule has 2 aromatic rings. The Morgan fingerprint density at radius 1 is 1.44 bits per heavy atom. The molecule has 25 heavy (non-hydrogen) atoms. The number of nitrogens with one attached hydrogen (secondary N) is 1. The summed E-state index contributed by atoms with van der Waals surface area (Å²) >= 11 is 0. The van der Waals surface area contributed by atoms with Crippen LogP contribution < -0.4 is 5.32 Å². The number of carbonyl (C=O) groups is 1. The highest BCUT2D eigenvalue weighted by Crippen LogP contribution is 2.16. The van der Waals surface area contributed by atoms with Crippen LogP contribution in [0.4, 0.5) is 0 Å². The number of aromatic nitrogens is 2. The number of hydrogen-bond donors (Lipinski definition) is 1. The summed E-state index contributed by atoms with van der Waals surface area (Å²) < 4.78 is 5.54. The van der Waals surface area contributed by atoms with E-state index in [0.29, 0.717) is 25.7 Å². The summed E-state index contributed by atoms with van der Waals surface area (Å²) in [6.07, 6.45) is 4.53. The number of carbonyl (C=O) groups excluding carboxylic acids is 1. The molecular weight excluding hydrogens is 318 g/mol. The third kappa shape index (κ3) is 5.11. The second-order valence-electron chi connectivity index (χ2n) is 6.56. The van der Waals surface area contributed by atoms with Gasteiger partial charge in [-0.05, 0) is 32.5 Å². The topological polar surface area (TPSA) is 74.5 Å². The standard InChI is InChI=1S/C18H25N5O2/c1-14-9-21-18(25-14)13-22(2)16-6-8-23(11-16)12-17(24)20-10-15-5-3-4-7-19-15/h3-5,7,9,16H,6,8,10-13H2,1-2H3,(H,20,24). The summed E-state index contributed by atoms with van der Waals surface area (Å²) in [7, 11) is 2.08. The molecule has 0 bridgehead atoms. The molecule has 2 aromatic heterocycles. The SMILES string of the molecule is Cc1cnc(CN(C)C2CCN(CC(=O)NCc3ccccn3)C2)o1. The molecular formula is C18H25N5O2. The van der Waals surface area contributed by atoms with Gasteiger partial charge in [-0.2, -0.15) is 0 Å². The van der Waals surface area contributed by atoms with Crippen molar-refractivity contribution in [1.29, 1.82) is 0 Å². The van der Waals surface area contributed by atoms with Crippen LogP contribution in [0.2, 0.25) is 0 Å². The van der Waals surface area contributed by atoms with E-state index >= 15 is 0 Å². The number of likely N-dealkylation sites (N-methyl/N-ethyl adjacent to an activating group) is 1. The fourth-order valence-electron chi connectivity index (χ4n) is 3.08. The van der Waals surface area contributed by atoms with Crippen molar-refractivity contribution in [3.05, 3.63) is 47.9 Å². The number of rotatable bonds is 7. The van der Waals surface area contributed by atoms with E-state index in [4.69, 9.17) is 4.42 Å². The Morgan fingerprint density at radius 2 is 2.32 bits per heavy atom. The van der Waals surface area contributed by atoms with Gasteiger partial charge in [0.2, 0.25) is 11.8 Å². The predicted octanol–water partition coefficient (Wildman–Crippen LogP) is 1.20. The lowest BCUT2D eigenvalue weighted by Crippen LogP contribution is -2.38. The van der Waals surface area contributed by atoms with Gasteiger partial charge in [0.1, 0.15) is 5.76 Å². The zero-order valence-corrected chi connectivity index (χ0v) is 14.8. The first-order chi connectivity index (χ1) is 12.1. The lowest BCUT2D eigenvalue weighted by molar-refractivity contribution is -0.122. The van der Waals surface area contributed by atoms with Crippen LogP contribution in [0, 0.1) is 6.92 Å². The highest BCUT2D eigenvalue weighted by molar-refractivity contribution is 5.78. The molecule has 134 valence electrons. The van der Waals surface area contributed by atoms with Crippen LogP contribution in [0.1, 0.15) is 23.8 Å². The summed E-state index contributed by atoms with van der Waals surface area (Å²) in [4.78, 5) is 25.0. The fraction of sp³-hybridized carbons (Fsp3) is 0.500. The molecule has 1 aliphatic heterocycles. The van der Waals surface area contributed by atoms with E-state index < -0.39 is 0 Å². The number of amides is 1. The lowest BCUT2D eigenvalue weighted by atomic mass is 10.2. The minimum absolute atomic E-state index is 0.0392. The van der Waals surface area contributed by atoms with E-state index in [1.807, 2.05) is 25.1 Å². The summed E-state index contributed by atoms with van der Waals surface area (Å²) in [5, 5.41) is 2.93. The van der Waals surface area contributed by atoms with Crippen LogP contribution in [0.15, 0.2) is 35.0 Å². The number of oxazole rings is 1. The van der Waals surface area contributed by atoms with Crippen molar-refractivity contribution in [2.75, 3.05) is 26.7 Å². The molecule has 1 unspecified atom stereocenters. The van der Waals surface area contributed by atoms with Gasteiger partial charge in [0.05, 0.1) is 31.5 Å². The molecule has 1 aliphatic rings. The van der Waals surface area contributed by atoms with E-state index in [9.17, 15) is 4.79 Å². The van der Waals surface area contributed by atoms with Gasteiger partial charge in [-0.25, -0.2) is 4.98 Å². The Bertz CT molecular complexity index is 688. The van der Waals surface area contributed by atoms with Gasteiger partial charge < -0.3 is 9.73 Å². The number of aryl methyl sites for hydroxylation is 1. The molecule has 0 aliphatic carbocycles. The minimum atomic E-state index is 0.0392. The first kappa shape index (κ1) is 17.6. The van der Waals surface area contributed by atoms with Crippen molar-refractivity contribution in [3.63, 3.8) is 0 Å². The largest absolute Gasteiger partial charge is 0.445 e. The van der Waals surface area contributed by atoms with Crippen LogP contribution in [0.3, 0.4) is 0 Å². The van der Waals surface area contributed by atoms with Crippen molar-refractivity contribution < 1.29 is 9.21 Å². The Morgan fingerprint density at radius 3 is 3.04 bits per heavy atom. The monoisotopic (exact) mass is 343 g/mol. The molecule has 0 radical (unpaired) electrons. The Labute approximate surface area is 148 Å². The molecule has 3 heterocycles. The molecule has 1 N–H and O–H groups in total. The average Bonchev–Trinajstić information content (AvgIpc) is 3.23. The third-order valence-corrected chi connectivity index (χ3v) is 4.48. The van der Waals surface area contributed by atoms with Crippen molar-refractivity contribution >= 4 is 5.91 Å². The quantitative estimate of drug-likeness (QED) is 0.814. The Balaban J connectivity index is 1.40. The van der Waals surface area contributed by atoms with Crippen molar-refractivity contribution in [1.82, 2.24) is 25.1 Å². The van der Waals surface area contributed by atoms with Gasteiger partial charge in [-0.1, -0.05) is 6.07 Å². The van der Waals surface area contributed by atoms with Crippen LogP contribution in [0.25, 0.3) is 0 Å². The maximum absolute atomic E-state index is 12.1. The smallest absolute Gasteiger partial charge is 0.234 e. The molecule has 0 spiro atoms. The van der Waals surface area contributed by atoms with Gasteiger partial charge in [-0.3, -0.25) is 19.6 Å². The normalized spacial score (nSPS) is 18.0. The van der Waals surface area contributed by atoms with E-state index in [1.54, 1.807) is 12.4 Å². The summed E-state index contributed by atoms with van der Waals surface area (Å²) in [6.45, 7) is 5.30. The highest BCUT2D eigenvalue weighted by Gasteiger charge is 2.27. The molecule has 1 fully saturated rings. The van der Waals surface area contributed by atoms with Crippen LogP contribution in [-0.4, -0.2) is 58.4 Å². The molecule has 0 saturated carbocycles. The first-order valence-electron chi connectivity index (χ1n) is 8.60. The van der Waals surface area contributed by atoms with Gasteiger partial charge in [-0.15, -0.1) is 0 Å². The Kier molecular flexibility index (Phi) is 5.78. The van der Waals surface area contributed by atoms with E-state index in [-0.39, 0.29) is 5.91 Å². The predicted molar refractivity (Wildman–Crippen MR) is 93.6 cm³/mol. The van der Waals surface area contributed by atoms with E-state index in [2.05, 4.69) is 32.1 Å². The van der Waals surface area contributed by atoms with Crippen molar-refractivity contribution in [2.45, 2.75) is 32.5 Å². The van der Waals surface area contributed by atoms with Crippen molar-refractivity contribution in [3.8, 4) is 0 Å². The molecule has 1 atom stereocenters. The van der Waals surface area contributed by atoms with Crippen LogP contribution in [-0.2, 0) is 17.9 Å². The molecule has 1 amide bonds. The zero-order valence-electron chi connectivity index (χ0n) is 14.8. The molecule has 3 rings (SSSR count). The summed E-state index contributed by atoms with van der Waals surface area (Å²) in [6, 6.07) is 6.11. The van der Waals surface area contributed by atoms with Crippen LogP contribution in [0.5, 0.6) is 0 Å². The highest BCUT2D eigenvalue weighted by atomic mass is 16.4. The summed E-state index contributed by atoms with van der Waals surface area (Å²) in [5.74, 6) is 1.62. The second kappa shape index (κ2) is 8.22. The maximum Gasteiger partial charge on any atom is 0.234 e. The summed E-state index contributed by atoms with van der Waals surface area (Å²) in [5.41, 5.74) is 0.871. The second-order valence-corrected chi connectivity index (χ2v) is 6.56. The molecule has 7 nitrogen and oxygen atoms in total. The first-order valence-corrected chi connectivity index (χ1v) is 8.60. The van der Waals surface area contributed by atoms with E-state index in [0.717, 1.165) is 36.9 Å². The Hall–Kier alpha value is -2.25. The van der Waals surface area contributed by atoms with Gasteiger partial charge in [0.15, 0.2) is 0 Å². The van der Waals surface area contributed by atoms with Crippen LogP contribution >= 0.6 is 0 Å². The van der Waals surface area contributed by atoms with Crippen molar-refractivity contribution in [2.24, 2.45) is 0 Å². The van der Waals surface area contributed by atoms with E-state index in [1.165, 1.54) is 0 Å². The van der Waals surface area contributed by atoms with Gasteiger partial charge in [0.25, 0.3) is 0 Å². The molecule has 7 heteroatoms.